The maximum absolute atomic E-state index is 10.9. The minimum absolute atomic E-state index is 0.0298. The Morgan fingerprint density at radius 3 is 2.24 bits per heavy atom. The number of hydrogen-bond acceptors (Lipinski definition) is 4. The van der Waals surface area contributed by atoms with E-state index in [0.717, 1.165) is 11.1 Å². The van der Waals surface area contributed by atoms with Crippen molar-refractivity contribution in [2.24, 2.45) is 0 Å². The van der Waals surface area contributed by atoms with Crippen LogP contribution < -0.4 is 4.74 Å². The van der Waals surface area contributed by atoms with Crippen LogP contribution in [0.4, 0.5) is 0 Å². The number of phenols is 1. The quantitative estimate of drug-likeness (QED) is 0.252. The lowest BCUT2D eigenvalue weighted by Crippen LogP contribution is -2.21. The van der Waals surface area contributed by atoms with E-state index >= 15 is 0 Å². The number of aliphatic carboxylic acids is 1. The standard InChI is InChI=1S/C26H24Br2O5/c1-15(2)20-14-19(13-18(24(20)30)9-8-16-6-4-3-5-7-16)33-25-21(27)10-17(11-22(25)28)12-23(29)26(31)32/h3-11,13-15,23,29-30H,12H2,1-2H3,(H,31,32)/b9-8+. The van der Waals surface area contributed by atoms with Crippen LogP contribution in [0.2, 0.25) is 0 Å². The monoisotopic (exact) mass is 574 g/mol. The number of carbonyl (C=O) groups is 1. The maximum atomic E-state index is 10.9. The van der Waals surface area contributed by atoms with Crippen LogP contribution in [-0.2, 0) is 11.2 Å². The highest BCUT2D eigenvalue weighted by Gasteiger charge is 2.18. The SMILES string of the molecule is CC(C)c1cc(Oc2c(Br)cc(CC(O)C(=O)O)cc2Br)cc(/C=C/c2ccccc2)c1O. The lowest BCUT2D eigenvalue weighted by molar-refractivity contribution is -0.146. The number of phenolic OH excluding ortho intramolecular Hbond substituents is 1. The fourth-order valence-corrected chi connectivity index (χ4v) is 4.73. The lowest BCUT2D eigenvalue weighted by atomic mass is 9.98. The topological polar surface area (TPSA) is 87.0 Å². The Hall–Kier alpha value is -2.61. The molecule has 0 radical (unpaired) electrons. The number of aliphatic hydroxyl groups is 1. The molecule has 3 aromatic rings. The fraction of sp³-hybridized carbons (Fsp3) is 0.192. The van der Waals surface area contributed by atoms with E-state index in [4.69, 9.17) is 9.84 Å². The van der Waals surface area contributed by atoms with Crippen molar-refractivity contribution in [1.82, 2.24) is 0 Å². The Balaban J connectivity index is 1.95. The first-order valence-electron chi connectivity index (χ1n) is 10.3. The summed E-state index contributed by atoms with van der Waals surface area (Å²) in [7, 11) is 0. The third-order valence-corrected chi connectivity index (χ3v) is 6.19. The molecule has 0 spiro atoms. The molecule has 1 unspecified atom stereocenters. The highest BCUT2D eigenvalue weighted by atomic mass is 79.9. The number of ether oxygens (including phenoxy) is 1. The number of carboxylic acid groups (broad SMARTS) is 1. The summed E-state index contributed by atoms with van der Waals surface area (Å²) in [5.41, 5.74) is 3.04. The van der Waals surface area contributed by atoms with Crippen LogP contribution >= 0.6 is 31.9 Å². The molecule has 0 heterocycles. The first-order valence-corrected chi connectivity index (χ1v) is 11.9. The van der Waals surface area contributed by atoms with Crippen molar-refractivity contribution in [2.45, 2.75) is 32.3 Å². The zero-order valence-corrected chi connectivity index (χ0v) is 21.3. The van der Waals surface area contributed by atoms with Crippen molar-refractivity contribution in [3.8, 4) is 17.2 Å². The smallest absolute Gasteiger partial charge is 0.332 e. The molecule has 3 aromatic carbocycles. The van der Waals surface area contributed by atoms with Crippen molar-refractivity contribution in [3.05, 3.63) is 85.8 Å². The molecule has 172 valence electrons. The predicted octanol–water partition coefficient (Wildman–Crippen LogP) is 6.99. The highest BCUT2D eigenvalue weighted by molar-refractivity contribution is 9.11. The van der Waals surface area contributed by atoms with Crippen LogP contribution in [0.5, 0.6) is 17.2 Å². The molecule has 0 aliphatic heterocycles. The van der Waals surface area contributed by atoms with E-state index in [1.165, 1.54) is 0 Å². The van der Waals surface area contributed by atoms with E-state index in [2.05, 4.69) is 31.9 Å². The van der Waals surface area contributed by atoms with E-state index in [-0.39, 0.29) is 18.1 Å². The first kappa shape index (κ1) is 25.0. The van der Waals surface area contributed by atoms with Crippen LogP contribution in [0, 0.1) is 0 Å². The van der Waals surface area contributed by atoms with Gasteiger partial charge in [-0.1, -0.05) is 56.3 Å². The van der Waals surface area contributed by atoms with Gasteiger partial charge in [0.15, 0.2) is 11.9 Å². The molecule has 0 saturated heterocycles. The number of rotatable bonds is 8. The summed E-state index contributed by atoms with van der Waals surface area (Å²) in [6.45, 7) is 4.00. The Kier molecular flexibility index (Phi) is 8.35. The second kappa shape index (κ2) is 11.0. The number of aliphatic hydroxyl groups excluding tert-OH is 1. The Morgan fingerprint density at radius 2 is 1.67 bits per heavy atom. The highest BCUT2D eigenvalue weighted by Crippen LogP contribution is 2.41. The van der Waals surface area contributed by atoms with Crippen molar-refractivity contribution in [2.75, 3.05) is 0 Å². The van der Waals surface area contributed by atoms with Gasteiger partial charge in [-0.3, -0.25) is 0 Å². The van der Waals surface area contributed by atoms with Crippen LogP contribution in [0.25, 0.3) is 12.2 Å². The van der Waals surface area contributed by atoms with Gasteiger partial charge >= 0.3 is 5.97 Å². The summed E-state index contributed by atoms with van der Waals surface area (Å²) in [6.07, 6.45) is 2.26. The van der Waals surface area contributed by atoms with Gasteiger partial charge in [-0.25, -0.2) is 4.79 Å². The van der Waals surface area contributed by atoms with Gasteiger partial charge in [0.05, 0.1) is 8.95 Å². The summed E-state index contributed by atoms with van der Waals surface area (Å²) < 4.78 is 7.37. The zero-order chi connectivity index (χ0) is 24.1. The molecule has 0 aliphatic carbocycles. The second-order valence-electron chi connectivity index (χ2n) is 7.90. The molecule has 33 heavy (non-hydrogen) atoms. The number of aromatic hydroxyl groups is 1. The minimum Gasteiger partial charge on any atom is -0.507 e. The first-order chi connectivity index (χ1) is 15.7. The predicted molar refractivity (Wildman–Crippen MR) is 137 cm³/mol. The molecule has 0 aromatic heterocycles. The molecule has 5 nitrogen and oxygen atoms in total. The molecule has 0 bridgehead atoms. The molecule has 0 saturated carbocycles. The van der Waals surface area contributed by atoms with Crippen molar-refractivity contribution in [1.29, 1.82) is 0 Å². The Morgan fingerprint density at radius 1 is 1.03 bits per heavy atom. The maximum Gasteiger partial charge on any atom is 0.332 e. The average molecular weight is 576 g/mol. The third-order valence-electron chi connectivity index (χ3n) is 5.01. The number of benzene rings is 3. The van der Waals surface area contributed by atoms with Gasteiger partial charge < -0.3 is 20.1 Å². The van der Waals surface area contributed by atoms with E-state index in [0.29, 0.717) is 31.6 Å². The molecule has 1 atom stereocenters. The molecular weight excluding hydrogens is 552 g/mol. The van der Waals surface area contributed by atoms with E-state index < -0.39 is 12.1 Å². The molecule has 7 heteroatoms. The van der Waals surface area contributed by atoms with E-state index in [1.54, 1.807) is 24.3 Å². The second-order valence-corrected chi connectivity index (χ2v) is 9.61. The van der Waals surface area contributed by atoms with Crippen molar-refractivity contribution < 1.29 is 24.9 Å². The number of hydrogen-bond donors (Lipinski definition) is 3. The van der Waals surface area contributed by atoms with Gasteiger partial charge in [-0.15, -0.1) is 0 Å². The van der Waals surface area contributed by atoms with Gasteiger partial charge in [-0.2, -0.15) is 0 Å². The van der Waals surface area contributed by atoms with Crippen molar-refractivity contribution in [3.63, 3.8) is 0 Å². The minimum atomic E-state index is -1.49. The Bertz CT molecular complexity index is 1150. The summed E-state index contributed by atoms with van der Waals surface area (Å²) in [5.74, 6) is 0.0553. The summed E-state index contributed by atoms with van der Waals surface area (Å²) in [6, 6.07) is 16.8. The van der Waals surface area contributed by atoms with Gasteiger partial charge in [0.2, 0.25) is 0 Å². The normalized spacial score (nSPS) is 12.3. The van der Waals surface area contributed by atoms with Crippen LogP contribution in [-0.4, -0.2) is 27.4 Å². The fourth-order valence-electron chi connectivity index (χ4n) is 3.28. The lowest BCUT2D eigenvalue weighted by Gasteiger charge is -2.17. The van der Waals surface area contributed by atoms with Gasteiger partial charge in [0, 0.05) is 17.5 Å². The molecule has 3 N–H and O–H groups in total. The van der Waals surface area contributed by atoms with Crippen LogP contribution in [0.15, 0.2) is 63.5 Å². The molecule has 3 rings (SSSR count). The molecular formula is C26H24Br2O5. The summed E-state index contributed by atoms with van der Waals surface area (Å²) in [4.78, 5) is 10.9. The van der Waals surface area contributed by atoms with Crippen LogP contribution in [0.1, 0.15) is 42.0 Å². The summed E-state index contributed by atoms with van der Waals surface area (Å²) in [5, 5.41) is 29.4. The van der Waals surface area contributed by atoms with Crippen LogP contribution in [0.3, 0.4) is 0 Å². The Labute approximate surface area is 209 Å². The van der Waals surface area contributed by atoms with E-state index in [1.807, 2.05) is 56.3 Å². The molecule has 0 aliphatic rings. The number of halogens is 2. The third kappa shape index (κ3) is 6.47. The summed E-state index contributed by atoms with van der Waals surface area (Å²) >= 11 is 6.95. The van der Waals surface area contributed by atoms with E-state index in [9.17, 15) is 15.0 Å². The van der Waals surface area contributed by atoms with Gasteiger partial charge in [0.25, 0.3) is 0 Å². The van der Waals surface area contributed by atoms with Gasteiger partial charge in [-0.05, 0) is 73.2 Å². The largest absolute Gasteiger partial charge is 0.507 e. The van der Waals surface area contributed by atoms with Gasteiger partial charge in [0.1, 0.15) is 11.5 Å². The molecule has 0 fully saturated rings. The number of carboxylic acids is 1. The molecule has 0 amide bonds. The average Bonchev–Trinajstić information content (AvgIpc) is 2.76. The zero-order valence-electron chi connectivity index (χ0n) is 18.1. The van der Waals surface area contributed by atoms with Crippen molar-refractivity contribution >= 4 is 50.0 Å².